The van der Waals surface area contributed by atoms with Gasteiger partial charge < -0.3 is 0 Å². The summed E-state index contributed by atoms with van der Waals surface area (Å²) in [4.78, 5) is 4.67. The predicted octanol–water partition coefficient (Wildman–Crippen LogP) is 5.44. The number of aromatic nitrogens is 3. The third-order valence-corrected chi connectivity index (χ3v) is 4.03. The lowest BCUT2D eigenvalue weighted by molar-refractivity contribution is 0.521. The Hall–Kier alpha value is -1.90. The second kappa shape index (κ2) is 7.39. The summed E-state index contributed by atoms with van der Waals surface area (Å²) >= 11 is 0. The fourth-order valence-corrected chi connectivity index (χ4v) is 3.00. The van der Waals surface area contributed by atoms with Gasteiger partial charge in [-0.2, -0.15) is 5.10 Å². The molecule has 0 saturated carbocycles. The number of allylic oxidation sites excluding steroid dienone is 4. The summed E-state index contributed by atoms with van der Waals surface area (Å²) in [6.45, 7) is 10.9. The van der Waals surface area contributed by atoms with Crippen LogP contribution in [0.2, 0.25) is 0 Å². The molecule has 0 aliphatic heterocycles. The van der Waals surface area contributed by atoms with Gasteiger partial charge >= 0.3 is 0 Å². The quantitative estimate of drug-likeness (QED) is 0.721. The van der Waals surface area contributed by atoms with Crippen molar-refractivity contribution in [2.45, 2.75) is 53.9 Å². The van der Waals surface area contributed by atoms with Gasteiger partial charge in [-0.05, 0) is 45.2 Å². The first-order valence-electron chi connectivity index (χ1n) is 8.21. The van der Waals surface area contributed by atoms with Crippen LogP contribution in [0.3, 0.4) is 0 Å². The van der Waals surface area contributed by atoms with Crippen molar-refractivity contribution in [1.29, 1.82) is 0 Å². The molecule has 2 heterocycles. The zero-order chi connectivity index (χ0) is 16.1. The molecule has 118 valence electrons. The van der Waals surface area contributed by atoms with E-state index >= 15 is 0 Å². The minimum Gasteiger partial charge on any atom is -0.276 e. The summed E-state index contributed by atoms with van der Waals surface area (Å²) in [7, 11) is 0. The van der Waals surface area contributed by atoms with Crippen molar-refractivity contribution in [1.82, 2.24) is 15.2 Å². The molecule has 3 nitrogen and oxygen atoms in total. The van der Waals surface area contributed by atoms with Crippen LogP contribution >= 0.6 is 0 Å². The first kappa shape index (κ1) is 16.5. The van der Waals surface area contributed by atoms with Crippen molar-refractivity contribution >= 4 is 16.6 Å². The third kappa shape index (κ3) is 3.65. The highest BCUT2D eigenvalue weighted by Gasteiger charge is 2.14. The SMILES string of the molecule is C/C=C\C(=C(\C)CC(C)CCC)c1n[nH]c2ccc(C)nc12. The Bertz CT molecular complexity index is 692. The number of H-pyrrole nitrogens is 1. The number of nitrogens with zero attached hydrogens (tertiary/aromatic N) is 2. The van der Waals surface area contributed by atoms with E-state index < -0.39 is 0 Å². The maximum Gasteiger partial charge on any atom is 0.118 e. The molecule has 2 aromatic rings. The van der Waals surface area contributed by atoms with Crippen molar-refractivity contribution in [3.05, 3.63) is 41.2 Å². The van der Waals surface area contributed by atoms with Crippen LogP contribution in [0.1, 0.15) is 58.3 Å². The van der Waals surface area contributed by atoms with Gasteiger partial charge in [0, 0.05) is 11.3 Å². The zero-order valence-electron chi connectivity index (χ0n) is 14.4. The highest BCUT2D eigenvalue weighted by molar-refractivity contribution is 5.91. The molecule has 1 atom stereocenters. The molecule has 22 heavy (non-hydrogen) atoms. The van der Waals surface area contributed by atoms with Crippen LogP contribution in [0, 0.1) is 12.8 Å². The van der Waals surface area contributed by atoms with E-state index in [0.717, 1.165) is 28.8 Å². The van der Waals surface area contributed by atoms with Crippen LogP contribution < -0.4 is 0 Å². The van der Waals surface area contributed by atoms with Crippen molar-refractivity contribution in [2.24, 2.45) is 5.92 Å². The number of pyridine rings is 1. The van der Waals surface area contributed by atoms with E-state index in [4.69, 9.17) is 0 Å². The Morgan fingerprint density at radius 3 is 2.82 bits per heavy atom. The normalized spacial score (nSPS) is 14.6. The Morgan fingerprint density at radius 1 is 1.36 bits per heavy atom. The van der Waals surface area contributed by atoms with E-state index in [0.29, 0.717) is 5.92 Å². The van der Waals surface area contributed by atoms with Crippen LogP contribution in [0.4, 0.5) is 0 Å². The predicted molar refractivity (Wildman–Crippen MR) is 94.7 cm³/mol. The van der Waals surface area contributed by atoms with Crippen LogP contribution in [0.15, 0.2) is 29.9 Å². The smallest absolute Gasteiger partial charge is 0.118 e. The molecule has 0 spiro atoms. The van der Waals surface area contributed by atoms with Crippen LogP contribution in [0.5, 0.6) is 0 Å². The van der Waals surface area contributed by atoms with E-state index in [-0.39, 0.29) is 0 Å². The molecule has 1 unspecified atom stereocenters. The van der Waals surface area contributed by atoms with Crippen LogP contribution in [0.25, 0.3) is 16.6 Å². The molecule has 0 saturated heterocycles. The molecular weight excluding hydrogens is 270 g/mol. The summed E-state index contributed by atoms with van der Waals surface area (Å²) in [6.07, 6.45) is 7.85. The van der Waals surface area contributed by atoms with Gasteiger partial charge in [-0.25, -0.2) is 4.98 Å². The molecule has 0 amide bonds. The number of nitrogens with one attached hydrogen (secondary N) is 1. The highest BCUT2D eigenvalue weighted by Crippen LogP contribution is 2.29. The number of aromatic amines is 1. The van der Waals surface area contributed by atoms with Gasteiger partial charge in [0.25, 0.3) is 0 Å². The molecule has 0 aliphatic carbocycles. The van der Waals surface area contributed by atoms with E-state index in [1.54, 1.807) is 0 Å². The summed E-state index contributed by atoms with van der Waals surface area (Å²) < 4.78 is 0. The topological polar surface area (TPSA) is 41.6 Å². The van der Waals surface area contributed by atoms with Gasteiger partial charge in [-0.1, -0.05) is 44.4 Å². The molecule has 2 aromatic heterocycles. The summed E-state index contributed by atoms with van der Waals surface area (Å²) in [5.41, 5.74) is 6.54. The molecule has 0 aromatic carbocycles. The molecule has 0 fully saturated rings. The lowest BCUT2D eigenvalue weighted by atomic mass is 9.93. The Balaban J connectivity index is 2.47. The fraction of sp³-hybridized carbons (Fsp3) is 0.474. The Morgan fingerprint density at radius 2 is 2.14 bits per heavy atom. The summed E-state index contributed by atoms with van der Waals surface area (Å²) in [5.74, 6) is 0.699. The lowest BCUT2D eigenvalue weighted by Gasteiger charge is -2.13. The maximum atomic E-state index is 4.67. The van der Waals surface area contributed by atoms with Gasteiger partial charge in [-0.3, -0.25) is 5.10 Å². The lowest BCUT2D eigenvalue weighted by Crippen LogP contribution is -1.98. The van der Waals surface area contributed by atoms with Crippen molar-refractivity contribution in [3.8, 4) is 0 Å². The number of hydrogen-bond acceptors (Lipinski definition) is 2. The van der Waals surface area contributed by atoms with Gasteiger partial charge in [0.15, 0.2) is 0 Å². The van der Waals surface area contributed by atoms with Gasteiger partial charge in [0.1, 0.15) is 11.2 Å². The largest absolute Gasteiger partial charge is 0.276 e. The first-order valence-corrected chi connectivity index (χ1v) is 8.21. The minimum atomic E-state index is 0.699. The average Bonchev–Trinajstić information content (AvgIpc) is 2.87. The molecular formula is C19H27N3. The highest BCUT2D eigenvalue weighted by atomic mass is 15.1. The minimum absolute atomic E-state index is 0.699. The molecule has 0 radical (unpaired) electrons. The summed E-state index contributed by atoms with van der Waals surface area (Å²) in [6, 6.07) is 4.07. The molecule has 2 rings (SSSR count). The Kier molecular flexibility index (Phi) is 5.53. The van der Waals surface area contributed by atoms with E-state index in [1.165, 1.54) is 24.0 Å². The fourth-order valence-electron chi connectivity index (χ4n) is 3.00. The van der Waals surface area contributed by atoms with Crippen LogP contribution in [-0.2, 0) is 0 Å². The number of hydrogen-bond donors (Lipinski definition) is 1. The third-order valence-electron chi connectivity index (χ3n) is 4.03. The second-order valence-corrected chi connectivity index (χ2v) is 6.21. The first-order chi connectivity index (χ1) is 10.6. The van der Waals surface area contributed by atoms with Crippen LogP contribution in [-0.4, -0.2) is 15.2 Å². The van der Waals surface area contributed by atoms with Gasteiger partial charge in [-0.15, -0.1) is 0 Å². The maximum absolute atomic E-state index is 4.67. The Labute approximate surface area is 133 Å². The molecule has 3 heteroatoms. The van der Waals surface area contributed by atoms with E-state index in [9.17, 15) is 0 Å². The number of rotatable bonds is 6. The monoisotopic (exact) mass is 297 g/mol. The number of aryl methyl sites for hydroxylation is 1. The average molecular weight is 297 g/mol. The second-order valence-electron chi connectivity index (χ2n) is 6.21. The molecule has 0 aliphatic rings. The van der Waals surface area contributed by atoms with Gasteiger partial charge in [0.05, 0.1) is 5.52 Å². The zero-order valence-corrected chi connectivity index (χ0v) is 14.4. The van der Waals surface area contributed by atoms with Crippen molar-refractivity contribution in [2.75, 3.05) is 0 Å². The van der Waals surface area contributed by atoms with E-state index in [1.807, 2.05) is 13.0 Å². The summed E-state index contributed by atoms with van der Waals surface area (Å²) in [5, 5.41) is 7.64. The van der Waals surface area contributed by atoms with Crippen molar-refractivity contribution < 1.29 is 0 Å². The molecule has 0 bridgehead atoms. The van der Waals surface area contributed by atoms with E-state index in [2.05, 4.69) is 61.1 Å². The number of fused-ring (bicyclic) bond motifs is 1. The van der Waals surface area contributed by atoms with Gasteiger partial charge in [0.2, 0.25) is 0 Å². The van der Waals surface area contributed by atoms with Crippen molar-refractivity contribution in [3.63, 3.8) is 0 Å². The molecule has 1 N–H and O–H groups in total. The standard InChI is InChI=1S/C19H27N3/c1-6-8-13(3)12-14(4)16(9-7-2)18-19-17(21-22-18)11-10-15(5)20-19/h7,9-11,13H,6,8,12H2,1-5H3,(H,21,22)/b9-7-,16-14+.